The van der Waals surface area contributed by atoms with Crippen LogP contribution in [0.25, 0.3) is 11.4 Å². The van der Waals surface area contributed by atoms with E-state index >= 15 is 0 Å². The van der Waals surface area contributed by atoms with Crippen LogP contribution in [0.3, 0.4) is 0 Å². The molecule has 0 N–H and O–H groups in total. The second kappa shape index (κ2) is 10.6. The third-order valence-electron chi connectivity index (χ3n) is 6.31. The number of nitrogens with zero attached hydrogens (tertiary/aromatic N) is 5. The Kier molecular flexibility index (Phi) is 7.10. The molecule has 2 aliphatic heterocycles. The molecule has 3 aromatic rings. The number of para-hydroxylation sites is 1. The van der Waals surface area contributed by atoms with E-state index in [1.165, 1.54) is 29.6 Å². The molecule has 9 heteroatoms. The Bertz CT molecular complexity index is 1090. The molecule has 2 fully saturated rings. The molecule has 2 aliphatic rings. The van der Waals surface area contributed by atoms with Crippen molar-refractivity contribution in [1.29, 1.82) is 0 Å². The van der Waals surface area contributed by atoms with Gasteiger partial charge in [-0.25, -0.2) is 4.39 Å². The Morgan fingerprint density at radius 1 is 1.03 bits per heavy atom. The summed E-state index contributed by atoms with van der Waals surface area (Å²) in [5, 5.41) is 9.43. The summed E-state index contributed by atoms with van der Waals surface area (Å²) in [6, 6.07) is 16.6. The summed E-state index contributed by atoms with van der Waals surface area (Å²) in [4.78, 5) is 17.2. The molecule has 0 radical (unpaired) electrons. The first-order valence-electron chi connectivity index (χ1n) is 11.7. The minimum atomic E-state index is -0.290. The molecular weight excluding hydrogens is 453 g/mol. The lowest BCUT2D eigenvalue weighted by Gasteiger charge is -2.36. The second-order valence-corrected chi connectivity index (χ2v) is 9.49. The fraction of sp³-hybridized carbons (Fsp3) is 0.400. The van der Waals surface area contributed by atoms with Gasteiger partial charge in [0, 0.05) is 44.0 Å². The predicted octanol–water partition coefficient (Wildman–Crippen LogP) is 3.70. The summed E-state index contributed by atoms with van der Waals surface area (Å²) in [7, 11) is 0. The molecule has 7 nitrogen and oxygen atoms in total. The number of amides is 1. The first-order chi connectivity index (χ1) is 16.7. The number of anilines is 1. The van der Waals surface area contributed by atoms with Gasteiger partial charge in [-0.3, -0.25) is 9.36 Å². The van der Waals surface area contributed by atoms with E-state index in [-0.39, 0.29) is 17.8 Å². The van der Waals surface area contributed by atoms with Gasteiger partial charge in [-0.2, -0.15) is 0 Å². The molecule has 5 rings (SSSR count). The van der Waals surface area contributed by atoms with E-state index in [1.54, 1.807) is 12.1 Å². The van der Waals surface area contributed by atoms with E-state index < -0.39 is 0 Å². The summed E-state index contributed by atoms with van der Waals surface area (Å²) >= 11 is 1.40. The molecule has 2 saturated heterocycles. The lowest BCUT2D eigenvalue weighted by Crippen LogP contribution is -2.49. The number of carbonyl (C=O) groups excluding carboxylic acids is 1. The minimum absolute atomic E-state index is 0.0938. The van der Waals surface area contributed by atoms with Crippen LogP contribution in [0.4, 0.5) is 10.1 Å². The normalized spacial score (nSPS) is 18.4. The molecule has 0 aliphatic carbocycles. The number of benzene rings is 2. The van der Waals surface area contributed by atoms with Gasteiger partial charge in [0.1, 0.15) is 5.82 Å². The van der Waals surface area contributed by atoms with Gasteiger partial charge in [0.25, 0.3) is 0 Å². The van der Waals surface area contributed by atoms with Gasteiger partial charge in [0.15, 0.2) is 11.0 Å². The van der Waals surface area contributed by atoms with Gasteiger partial charge in [-0.05, 0) is 49.2 Å². The molecule has 1 atom stereocenters. The van der Waals surface area contributed by atoms with E-state index in [0.29, 0.717) is 36.4 Å². The van der Waals surface area contributed by atoms with Crippen molar-refractivity contribution >= 4 is 23.4 Å². The van der Waals surface area contributed by atoms with E-state index in [9.17, 15) is 9.18 Å². The molecular formula is C25H28FN5O2S. The molecule has 0 saturated carbocycles. The number of hydrogen-bond donors (Lipinski definition) is 0. The van der Waals surface area contributed by atoms with Crippen LogP contribution < -0.4 is 4.90 Å². The van der Waals surface area contributed by atoms with E-state index in [1.807, 2.05) is 27.7 Å². The van der Waals surface area contributed by atoms with Crippen molar-refractivity contribution in [3.8, 4) is 11.4 Å². The van der Waals surface area contributed by atoms with Crippen LogP contribution in [0.2, 0.25) is 0 Å². The molecule has 0 spiro atoms. The summed E-state index contributed by atoms with van der Waals surface area (Å²) < 4.78 is 21.3. The molecule has 178 valence electrons. The molecule has 1 aromatic heterocycles. The Morgan fingerprint density at radius 3 is 2.50 bits per heavy atom. The SMILES string of the molecule is O=C(CSc1nnc(-c2ccc(F)cc2)n1C[C@H]1CCCO1)N1CCN(c2ccccc2)CC1. The van der Waals surface area contributed by atoms with E-state index in [4.69, 9.17) is 4.74 Å². The monoisotopic (exact) mass is 481 g/mol. The molecule has 3 heterocycles. The van der Waals surface area contributed by atoms with Crippen LogP contribution in [0.1, 0.15) is 12.8 Å². The van der Waals surface area contributed by atoms with Crippen molar-refractivity contribution in [1.82, 2.24) is 19.7 Å². The van der Waals surface area contributed by atoms with E-state index in [0.717, 1.165) is 38.1 Å². The minimum Gasteiger partial charge on any atom is -0.376 e. The van der Waals surface area contributed by atoms with Gasteiger partial charge in [-0.15, -0.1) is 10.2 Å². The Morgan fingerprint density at radius 2 is 1.79 bits per heavy atom. The third kappa shape index (κ3) is 5.26. The number of ether oxygens (including phenoxy) is 1. The molecule has 34 heavy (non-hydrogen) atoms. The van der Waals surface area contributed by atoms with Crippen molar-refractivity contribution in [2.75, 3.05) is 43.4 Å². The second-order valence-electron chi connectivity index (χ2n) is 8.55. The molecule has 1 amide bonds. The van der Waals surface area contributed by atoms with Gasteiger partial charge in [0.05, 0.1) is 18.4 Å². The van der Waals surface area contributed by atoms with Crippen molar-refractivity contribution in [3.05, 3.63) is 60.4 Å². The number of piperazine rings is 1. The van der Waals surface area contributed by atoms with Crippen LogP contribution in [0, 0.1) is 5.82 Å². The Hall–Kier alpha value is -2.91. The quantitative estimate of drug-likeness (QED) is 0.480. The van der Waals surface area contributed by atoms with E-state index in [2.05, 4.69) is 27.2 Å². The molecule has 0 bridgehead atoms. The van der Waals surface area contributed by atoms with Gasteiger partial charge < -0.3 is 14.5 Å². The standard InChI is InChI=1S/C25H28FN5O2S/c26-20-10-8-19(9-11-20)24-27-28-25(31(24)17-22-7-4-16-33-22)34-18-23(32)30-14-12-29(13-15-30)21-5-2-1-3-6-21/h1-3,5-6,8-11,22H,4,7,12-18H2/t22-/m1/s1. The van der Waals surface area contributed by atoms with Crippen molar-refractivity contribution < 1.29 is 13.9 Å². The first-order valence-corrected chi connectivity index (χ1v) is 12.7. The molecule has 0 unspecified atom stereocenters. The lowest BCUT2D eigenvalue weighted by atomic mass is 10.2. The van der Waals surface area contributed by atoms with Gasteiger partial charge in [-0.1, -0.05) is 30.0 Å². The Labute approximate surface area is 202 Å². The third-order valence-corrected chi connectivity index (χ3v) is 7.26. The zero-order valence-corrected chi connectivity index (χ0v) is 19.8. The molecule has 2 aromatic carbocycles. The highest BCUT2D eigenvalue weighted by atomic mass is 32.2. The van der Waals surface area contributed by atoms with Gasteiger partial charge in [0.2, 0.25) is 5.91 Å². The number of aromatic nitrogens is 3. The zero-order valence-electron chi connectivity index (χ0n) is 19.0. The summed E-state index contributed by atoms with van der Waals surface area (Å²) in [6.07, 6.45) is 2.11. The maximum absolute atomic E-state index is 13.4. The fourth-order valence-corrected chi connectivity index (χ4v) is 5.29. The highest BCUT2D eigenvalue weighted by Gasteiger charge is 2.25. The van der Waals surface area contributed by atoms with Crippen molar-refractivity contribution in [2.24, 2.45) is 0 Å². The topological polar surface area (TPSA) is 63.5 Å². The van der Waals surface area contributed by atoms with Crippen LogP contribution in [0.5, 0.6) is 0 Å². The number of halogens is 1. The van der Waals surface area contributed by atoms with Crippen LogP contribution in [-0.4, -0.2) is 70.2 Å². The predicted molar refractivity (Wildman–Crippen MR) is 130 cm³/mol. The maximum Gasteiger partial charge on any atom is 0.233 e. The number of rotatable bonds is 7. The van der Waals surface area contributed by atoms with Gasteiger partial charge >= 0.3 is 0 Å². The summed E-state index contributed by atoms with van der Waals surface area (Å²) in [6.45, 7) is 4.44. The first kappa shape index (κ1) is 22.9. The average molecular weight is 482 g/mol. The number of carbonyl (C=O) groups is 1. The van der Waals surface area contributed by atoms with Crippen LogP contribution >= 0.6 is 11.8 Å². The van der Waals surface area contributed by atoms with Crippen LogP contribution in [-0.2, 0) is 16.1 Å². The maximum atomic E-state index is 13.4. The average Bonchev–Trinajstić information content (AvgIpc) is 3.54. The van der Waals surface area contributed by atoms with Crippen LogP contribution in [0.15, 0.2) is 59.8 Å². The van der Waals surface area contributed by atoms with Crippen molar-refractivity contribution in [3.63, 3.8) is 0 Å². The lowest BCUT2D eigenvalue weighted by molar-refractivity contribution is -0.128. The fourth-order valence-electron chi connectivity index (χ4n) is 4.43. The zero-order chi connectivity index (χ0) is 23.3. The number of thioether (sulfide) groups is 1. The highest BCUT2D eigenvalue weighted by Crippen LogP contribution is 2.27. The smallest absolute Gasteiger partial charge is 0.233 e. The summed E-state index contributed by atoms with van der Waals surface area (Å²) in [5.41, 5.74) is 1.99. The summed E-state index contributed by atoms with van der Waals surface area (Å²) in [5.74, 6) is 0.787. The largest absolute Gasteiger partial charge is 0.376 e. The highest BCUT2D eigenvalue weighted by molar-refractivity contribution is 7.99. The van der Waals surface area contributed by atoms with Crippen molar-refractivity contribution in [2.45, 2.75) is 30.6 Å². The Balaban J connectivity index is 1.24. The number of hydrogen-bond acceptors (Lipinski definition) is 6.